The van der Waals surface area contributed by atoms with Crippen LogP contribution in [-0.2, 0) is 11.0 Å². The normalized spacial score (nSPS) is 14.3. The zero-order valence-electron chi connectivity index (χ0n) is 9.95. The monoisotopic (exact) mass is 241 g/mol. The number of nitrogens with zero attached hydrogens (tertiary/aromatic N) is 1. The Morgan fingerprint density at radius 3 is 2.56 bits per heavy atom. The van der Waals surface area contributed by atoms with Crippen molar-refractivity contribution in [3.8, 4) is 0 Å². The zero-order chi connectivity index (χ0) is 12.3. The van der Waals surface area contributed by atoms with Crippen LogP contribution in [0.15, 0.2) is 22.6 Å². The van der Waals surface area contributed by atoms with Gasteiger partial charge in [0.2, 0.25) is 0 Å². The van der Waals surface area contributed by atoms with Crippen molar-refractivity contribution in [1.29, 1.82) is 0 Å². The molecule has 88 valence electrons. The van der Waals surface area contributed by atoms with E-state index in [0.717, 1.165) is 0 Å². The van der Waals surface area contributed by atoms with E-state index in [0.29, 0.717) is 11.1 Å². The fourth-order valence-corrected chi connectivity index (χ4v) is 1.55. The summed E-state index contributed by atoms with van der Waals surface area (Å²) >= 11 is 0. The number of halogens is 1. The molecule has 0 spiro atoms. The first kappa shape index (κ1) is 13.0. The predicted molar refractivity (Wildman–Crippen MR) is 66.6 cm³/mol. The molecule has 1 aromatic carbocycles. The fourth-order valence-electron chi connectivity index (χ4n) is 1.03. The van der Waals surface area contributed by atoms with E-state index in [4.69, 9.17) is 0 Å². The number of hydrogen-bond acceptors (Lipinski definition) is 1. The Morgan fingerprint density at radius 1 is 1.38 bits per heavy atom. The van der Waals surface area contributed by atoms with Gasteiger partial charge in [0.25, 0.3) is 0 Å². The highest BCUT2D eigenvalue weighted by Gasteiger charge is 2.18. The van der Waals surface area contributed by atoms with Crippen LogP contribution >= 0.6 is 0 Å². The molecule has 0 radical (unpaired) electrons. The van der Waals surface area contributed by atoms with Gasteiger partial charge in [-0.3, -0.25) is 0 Å². The first-order chi connectivity index (χ1) is 7.32. The lowest BCUT2D eigenvalue weighted by atomic mass is 10.1. The lowest BCUT2D eigenvalue weighted by molar-refractivity contribution is 0.618. The van der Waals surface area contributed by atoms with Crippen molar-refractivity contribution in [2.75, 3.05) is 0 Å². The van der Waals surface area contributed by atoms with Crippen LogP contribution in [0.25, 0.3) is 0 Å². The Bertz CT molecular complexity index is 435. The van der Waals surface area contributed by atoms with Crippen molar-refractivity contribution in [3.63, 3.8) is 0 Å². The topological polar surface area (TPSA) is 29.4 Å². The second kappa shape index (κ2) is 4.87. The molecule has 0 N–H and O–H groups in total. The van der Waals surface area contributed by atoms with E-state index >= 15 is 0 Å². The molecular formula is C12H16FNOS. The Balaban J connectivity index is 2.94. The van der Waals surface area contributed by atoms with E-state index < -0.39 is 15.7 Å². The van der Waals surface area contributed by atoms with E-state index in [-0.39, 0.29) is 5.82 Å². The highest BCUT2D eigenvalue weighted by Crippen LogP contribution is 2.14. The summed E-state index contributed by atoms with van der Waals surface area (Å²) in [5.74, 6) is -0.273. The van der Waals surface area contributed by atoms with Gasteiger partial charge in [-0.1, -0.05) is 12.1 Å². The van der Waals surface area contributed by atoms with E-state index in [1.807, 2.05) is 20.8 Å². The highest BCUT2D eigenvalue weighted by molar-refractivity contribution is 7.85. The van der Waals surface area contributed by atoms with E-state index in [2.05, 4.69) is 4.40 Å². The molecule has 1 aromatic rings. The fraction of sp³-hybridized carbons (Fsp3) is 0.417. The largest absolute Gasteiger partial charge is 0.234 e. The molecular weight excluding hydrogens is 225 g/mol. The van der Waals surface area contributed by atoms with Crippen LogP contribution < -0.4 is 0 Å². The lowest BCUT2D eigenvalue weighted by Crippen LogP contribution is -2.19. The number of hydrogen-bond donors (Lipinski definition) is 0. The summed E-state index contributed by atoms with van der Waals surface area (Å²) in [6.45, 7) is 7.22. The van der Waals surface area contributed by atoms with Crippen molar-refractivity contribution in [2.45, 2.75) is 32.4 Å². The van der Waals surface area contributed by atoms with E-state index in [9.17, 15) is 8.60 Å². The summed E-state index contributed by atoms with van der Waals surface area (Å²) in [4.78, 5) is 0. The molecule has 0 amide bonds. The van der Waals surface area contributed by atoms with Crippen LogP contribution in [0.4, 0.5) is 4.39 Å². The number of benzene rings is 1. The second-order valence-corrected chi connectivity index (χ2v) is 6.48. The Hall–Kier alpha value is -1.03. The van der Waals surface area contributed by atoms with Gasteiger partial charge in [-0.05, 0) is 44.9 Å². The quantitative estimate of drug-likeness (QED) is 0.732. The van der Waals surface area contributed by atoms with Gasteiger partial charge in [0.15, 0.2) is 0 Å². The maximum Gasteiger partial charge on any atom is 0.144 e. The molecule has 0 aliphatic heterocycles. The summed E-state index contributed by atoms with van der Waals surface area (Å²) in [5, 5.41) is 0. The van der Waals surface area contributed by atoms with E-state index in [1.165, 1.54) is 12.3 Å². The Labute approximate surface area is 98.2 Å². The Kier molecular flexibility index (Phi) is 3.97. The summed E-state index contributed by atoms with van der Waals surface area (Å²) in [6, 6.07) is 4.76. The van der Waals surface area contributed by atoms with Gasteiger partial charge in [-0.15, -0.1) is 0 Å². The second-order valence-electron chi connectivity index (χ2n) is 4.55. The summed E-state index contributed by atoms with van der Waals surface area (Å²) in [7, 11) is -1.31. The average molecular weight is 241 g/mol. The maximum atomic E-state index is 13.2. The summed E-state index contributed by atoms with van der Waals surface area (Å²) in [5.41, 5.74) is 1.19. The molecule has 0 bridgehead atoms. The van der Waals surface area contributed by atoms with Gasteiger partial charge < -0.3 is 0 Å². The SMILES string of the molecule is Cc1c(F)cccc1C=N[S@](=O)C(C)(C)C. The predicted octanol–water partition coefficient (Wildman–Crippen LogP) is 3.02. The van der Waals surface area contributed by atoms with Gasteiger partial charge in [0, 0.05) is 6.21 Å². The standard InChI is InChI=1S/C12H16FNOS/c1-9-10(6-5-7-11(9)13)8-14-16(15)12(2,3)4/h5-8H,1-4H3/t16-/m1/s1. The van der Waals surface area contributed by atoms with Gasteiger partial charge in [-0.25, -0.2) is 8.60 Å². The zero-order valence-corrected chi connectivity index (χ0v) is 10.8. The average Bonchev–Trinajstić information content (AvgIpc) is 2.18. The third-order valence-electron chi connectivity index (χ3n) is 2.12. The summed E-state index contributed by atoms with van der Waals surface area (Å²) in [6.07, 6.45) is 1.47. The van der Waals surface area contributed by atoms with Crippen LogP contribution in [0.3, 0.4) is 0 Å². The van der Waals surface area contributed by atoms with E-state index in [1.54, 1.807) is 19.1 Å². The molecule has 0 heterocycles. The van der Waals surface area contributed by atoms with Gasteiger partial charge in [-0.2, -0.15) is 4.40 Å². The third-order valence-corrected chi connectivity index (χ3v) is 3.47. The third kappa shape index (κ3) is 3.23. The Morgan fingerprint density at radius 2 is 2.00 bits per heavy atom. The number of rotatable bonds is 2. The molecule has 0 aromatic heterocycles. The molecule has 0 saturated carbocycles. The molecule has 0 unspecified atom stereocenters. The minimum Gasteiger partial charge on any atom is -0.234 e. The summed E-state index contributed by atoms with van der Waals surface area (Å²) < 4.78 is 28.4. The smallest absolute Gasteiger partial charge is 0.144 e. The molecule has 1 rings (SSSR count). The van der Waals surface area contributed by atoms with Crippen molar-refractivity contribution in [3.05, 3.63) is 35.1 Å². The van der Waals surface area contributed by atoms with Crippen molar-refractivity contribution in [2.24, 2.45) is 4.40 Å². The van der Waals surface area contributed by atoms with Crippen molar-refractivity contribution >= 4 is 17.2 Å². The van der Waals surface area contributed by atoms with Crippen molar-refractivity contribution < 1.29 is 8.60 Å². The lowest BCUT2D eigenvalue weighted by Gasteiger charge is -2.12. The molecule has 0 aliphatic carbocycles. The van der Waals surface area contributed by atoms with Crippen LogP contribution in [-0.4, -0.2) is 15.2 Å². The van der Waals surface area contributed by atoms with Gasteiger partial charge in [0.1, 0.15) is 16.8 Å². The molecule has 0 aliphatic rings. The van der Waals surface area contributed by atoms with Crippen LogP contribution in [0.5, 0.6) is 0 Å². The first-order valence-corrected chi connectivity index (χ1v) is 6.14. The van der Waals surface area contributed by atoms with Crippen LogP contribution in [0.1, 0.15) is 31.9 Å². The molecule has 0 fully saturated rings. The van der Waals surface area contributed by atoms with Gasteiger partial charge >= 0.3 is 0 Å². The first-order valence-electron chi connectivity index (χ1n) is 5.03. The molecule has 1 atom stereocenters. The molecule has 4 heteroatoms. The minimum absolute atomic E-state index is 0.273. The molecule has 2 nitrogen and oxygen atoms in total. The molecule has 16 heavy (non-hydrogen) atoms. The highest BCUT2D eigenvalue weighted by atomic mass is 32.2. The van der Waals surface area contributed by atoms with Crippen LogP contribution in [0.2, 0.25) is 0 Å². The van der Waals surface area contributed by atoms with Crippen molar-refractivity contribution in [1.82, 2.24) is 0 Å². The minimum atomic E-state index is -1.31. The maximum absolute atomic E-state index is 13.2. The van der Waals surface area contributed by atoms with Gasteiger partial charge in [0.05, 0.1) is 4.75 Å². The molecule has 0 saturated heterocycles. The van der Waals surface area contributed by atoms with Crippen LogP contribution in [0, 0.1) is 12.7 Å².